The van der Waals surface area contributed by atoms with Gasteiger partial charge in [0.05, 0.1) is 45.5 Å². The number of aromatic nitrogens is 1. The van der Waals surface area contributed by atoms with Gasteiger partial charge in [0.25, 0.3) is 5.91 Å². The minimum atomic E-state index is -3.55. The summed E-state index contributed by atoms with van der Waals surface area (Å²) in [6, 6.07) is 12.0. The molecule has 0 saturated heterocycles. The molecule has 0 aliphatic carbocycles. The minimum Gasteiger partial charge on any atom is -0.497 e. The highest BCUT2D eigenvalue weighted by Crippen LogP contribution is 2.49. The molecule has 1 aromatic heterocycles. The maximum absolute atomic E-state index is 13.4. The number of esters is 1. The van der Waals surface area contributed by atoms with Crippen molar-refractivity contribution in [3.8, 4) is 5.75 Å². The first-order valence-electron chi connectivity index (χ1n) is 12.4. The first kappa shape index (κ1) is 29.9. The number of halogens is 1. The van der Waals surface area contributed by atoms with Crippen molar-refractivity contribution in [2.45, 2.75) is 40.0 Å². The normalized spacial score (nSPS) is 11.6. The summed E-state index contributed by atoms with van der Waals surface area (Å²) in [6.45, 7) is 5.95. The van der Waals surface area contributed by atoms with Gasteiger partial charge in [-0.25, -0.2) is 4.57 Å². The zero-order valence-electron chi connectivity index (χ0n) is 22.0. The zero-order valence-corrected chi connectivity index (χ0v) is 23.7. The molecule has 1 heterocycles. The summed E-state index contributed by atoms with van der Waals surface area (Å²) < 4.78 is 40.1. The van der Waals surface area contributed by atoms with Gasteiger partial charge in [0.15, 0.2) is 0 Å². The first-order chi connectivity index (χ1) is 18.2. The molecule has 0 fully saturated rings. The predicted molar refractivity (Wildman–Crippen MR) is 145 cm³/mol. The summed E-state index contributed by atoms with van der Waals surface area (Å²) in [5.74, 6) is -0.0471. The number of rotatable bonds is 14. The zero-order chi connectivity index (χ0) is 27.7. The Bertz CT molecular complexity index is 1290. The third-order valence-corrected chi connectivity index (χ3v) is 7.68. The maximum Gasteiger partial charge on any atom is 0.474 e. The van der Waals surface area contributed by atoms with E-state index in [0.29, 0.717) is 46.0 Å². The fourth-order valence-electron chi connectivity index (χ4n) is 3.99. The number of nitrogens with zero attached hydrogens (tertiary/aromatic N) is 1. The van der Waals surface area contributed by atoms with E-state index < -0.39 is 13.8 Å². The fourth-order valence-corrected chi connectivity index (χ4v) is 5.32. The lowest BCUT2D eigenvalue weighted by Crippen LogP contribution is -2.15. The second-order valence-corrected chi connectivity index (χ2v) is 10.4. The number of fused-ring (bicyclic) bond motifs is 1. The van der Waals surface area contributed by atoms with E-state index in [1.165, 1.54) is 0 Å². The molecular formula is C27H33ClNO8P. The standard InChI is InChI=1S/C27H33ClNO8P/c1-5-35-38(32,36-6-2)37-16-8-7-15-34-26(30)18-23-19(3)29(25-14-13-22(33-4)17-24(23)25)27(31)20-9-11-21(28)12-10-20/h9-14,17H,5-8,15-16,18H2,1-4H3. The van der Waals surface area contributed by atoms with Crippen molar-refractivity contribution in [3.05, 3.63) is 64.3 Å². The first-order valence-corrected chi connectivity index (χ1v) is 14.2. The Balaban J connectivity index is 1.68. The van der Waals surface area contributed by atoms with Gasteiger partial charge in [0.2, 0.25) is 0 Å². The molecule has 0 N–H and O–H groups in total. The molecule has 0 aliphatic heterocycles. The number of methoxy groups -OCH3 is 1. The van der Waals surface area contributed by atoms with Crippen LogP contribution >= 0.6 is 19.4 Å². The van der Waals surface area contributed by atoms with Crippen LogP contribution < -0.4 is 4.74 Å². The van der Waals surface area contributed by atoms with E-state index in [9.17, 15) is 14.2 Å². The largest absolute Gasteiger partial charge is 0.497 e. The van der Waals surface area contributed by atoms with Crippen molar-refractivity contribution in [3.63, 3.8) is 0 Å². The Morgan fingerprint density at radius 2 is 1.61 bits per heavy atom. The van der Waals surface area contributed by atoms with E-state index in [1.54, 1.807) is 68.8 Å². The van der Waals surface area contributed by atoms with Gasteiger partial charge in [-0.3, -0.25) is 27.7 Å². The third kappa shape index (κ3) is 7.46. The van der Waals surface area contributed by atoms with Crippen LogP contribution in [0.4, 0.5) is 0 Å². The van der Waals surface area contributed by atoms with Crippen LogP contribution in [0.25, 0.3) is 10.9 Å². The van der Waals surface area contributed by atoms with E-state index in [1.807, 2.05) is 6.07 Å². The van der Waals surface area contributed by atoms with Gasteiger partial charge in [0.1, 0.15) is 5.75 Å². The molecular weight excluding hydrogens is 533 g/mol. The number of unbranched alkanes of at least 4 members (excludes halogenated alkanes) is 1. The van der Waals surface area contributed by atoms with Gasteiger partial charge in [-0.2, -0.15) is 0 Å². The molecule has 0 bridgehead atoms. The van der Waals surface area contributed by atoms with Crippen LogP contribution in [0.15, 0.2) is 42.5 Å². The molecule has 11 heteroatoms. The molecule has 206 valence electrons. The summed E-state index contributed by atoms with van der Waals surface area (Å²) in [4.78, 5) is 26.1. The highest BCUT2D eigenvalue weighted by molar-refractivity contribution is 7.48. The number of ether oxygens (including phenoxy) is 2. The fraction of sp³-hybridized carbons (Fsp3) is 0.407. The van der Waals surface area contributed by atoms with Crippen molar-refractivity contribution >= 4 is 42.2 Å². The van der Waals surface area contributed by atoms with Gasteiger partial charge in [-0.05, 0) is 81.6 Å². The Hall–Kier alpha value is -2.68. The Morgan fingerprint density at radius 1 is 0.947 bits per heavy atom. The van der Waals surface area contributed by atoms with Gasteiger partial charge >= 0.3 is 13.8 Å². The Kier molecular flexibility index (Phi) is 10.9. The SMILES string of the molecule is CCOP(=O)(OCC)OCCCCOC(=O)Cc1c(C)n(C(=O)c2ccc(Cl)cc2)c2ccc(OC)cc12. The summed E-state index contributed by atoms with van der Waals surface area (Å²) >= 11 is 5.98. The van der Waals surface area contributed by atoms with Crippen LogP contribution in [-0.2, 0) is 34.1 Å². The number of hydrogen-bond donors (Lipinski definition) is 0. The molecule has 9 nitrogen and oxygen atoms in total. The number of benzene rings is 2. The van der Waals surface area contributed by atoms with Crippen LogP contribution in [0.1, 0.15) is 48.3 Å². The number of phosphoric acid groups is 1. The average Bonchev–Trinajstić information content (AvgIpc) is 3.16. The molecule has 0 radical (unpaired) electrons. The summed E-state index contributed by atoms with van der Waals surface area (Å²) in [7, 11) is -2.00. The Labute approximate surface area is 227 Å². The molecule has 38 heavy (non-hydrogen) atoms. The van der Waals surface area contributed by atoms with Crippen LogP contribution in [-0.4, -0.2) is 50.0 Å². The van der Waals surface area contributed by atoms with Crippen molar-refractivity contribution in [1.82, 2.24) is 4.57 Å². The molecule has 3 aromatic rings. The van der Waals surface area contributed by atoms with Crippen LogP contribution in [0.3, 0.4) is 0 Å². The average molecular weight is 566 g/mol. The monoisotopic (exact) mass is 565 g/mol. The molecule has 2 aromatic carbocycles. The van der Waals surface area contributed by atoms with Crippen molar-refractivity contribution in [2.75, 3.05) is 33.5 Å². The molecule has 0 spiro atoms. The smallest absolute Gasteiger partial charge is 0.474 e. The van der Waals surface area contributed by atoms with Crippen LogP contribution in [0, 0.1) is 6.92 Å². The summed E-state index contributed by atoms with van der Waals surface area (Å²) in [5.41, 5.74) is 2.46. The number of hydrogen-bond acceptors (Lipinski definition) is 8. The molecule has 0 saturated carbocycles. The molecule has 0 unspecified atom stereocenters. The van der Waals surface area contributed by atoms with Crippen molar-refractivity contribution < 1.29 is 37.2 Å². The molecule has 0 amide bonds. The Morgan fingerprint density at radius 3 is 2.24 bits per heavy atom. The topological polar surface area (TPSA) is 102 Å². The van der Waals surface area contributed by atoms with E-state index in [2.05, 4.69) is 0 Å². The maximum atomic E-state index is 13.4. The van der Waals surface area contributed by atoms with Crippen molar-refractivity contribution in [2.24, 2.45) is 0 Å². The van der Waals surface area contributed by atoms with E-state index in [-0.39, 0.29) is 38.8 Å². The number of carbonyl (C=O) groups excluding carboxylic acids is 2. The van der Waals surface area contributed by atoms with E-state index >= 15 is 0 Å². The minimum absolute atomic E-state index is 0.0171. The highest BCUT2D eigenvalue weighted by atomic mass is 35.5. The van der Waals surface area contributed by atoms with E-state index in [4.69, 9.17) is 34.6 Å². The van der Waals surface area contributed by atoms with E-state index in [0.717, 1.165) is 5.39 Å². The van der Waals surface area contributed by atoms with Gasteiger partial charge in [-0.15, -0.1) is 0 Å². The van der Waals surface area contributed by atoms with Crippen LogP contribution in [0.2, 0.25) is 5.02 Å². The summed E-state index contributed by atoms with van der Waals surface area (Å²) in [6.07, 6.45) is 0.993. The summed E-state index contributed by atoms with van der Waals surface area (Å²) in [5, 5.41) is 1.27. The van der Waals surface area contributed by atoms with Gasteiger partial charge in [0, 0.05) is 21.7 Å². The van der Waals surface area contributed by atoms with Crippen molar-refractivity contribution in [1.29, 1.82) is 0 Å². The third-order valence-electron chi connectivity index (χ3n) is 5.78. The lowest BCUT2D eigenvalue weighted by molar-refractivity contribution is -0.143. The van der Waals surface area contributed by atoms with Crippen LogP contribution in [0.5, 0.6) is 5.75 Å². The predicted octanol–water partition coefficient (Wildman–Crippen LogP) is 6.36. The number of carbonyl (C=O) groups is 2. The second-order valence-electron chi connectivity index (χ2n) is 8.31. The van der Waals surface area contributed by atoms with Gasteiger partial charge in [-0.1, -0.05) is 11.6 Å². The quantitative estimate of drug-likeness (QED) is 0.126. The molecule has 0 atom stereocenters. The highest BCUT2D eigenvalue weighted by Gasteiger charge is 2.25. The molecule has 0 aliphatic rings. The number of phosphoric ester groups is 1. The van der Waals surface area contributed by atoms with Gasteiger partial charge < -0.3 is 9.47 Å². The lowest BCUT2D eigenvalue weighted by atomic mass is 10.1. The lowest BCUT2D eigenvalue weighted by Gasteiger charge is -2.16. The molecule has 3 rings (SSSR count). The second kappa shape index (κ2) is 13.9.